The van der Waals surface area contributed by atoms with Gasteiger partial charge in [0.05, 0.1) is 25.4 Å². The smallest absolute Gasteiger partial charge is 0.305 e. The standard InChI is InChI=1S/C64H123NO5/c1-3-5-7-9-11-13-15-17-19-29-32-36-40-44-48-52-56-62(67)61(60-66)65-63(68)57-53-49-45-41-37-33-30-26-24-22-20-21-23-25-27-31-35-39-43-47-51-55-59-70-64(69)58-54-50-46-42-38-34-28-18-16-14-12-10-8-6-4-2/h18,28,52,56,61-62,66-67H,3-17,19-27,29-51,53-55,57-60H2,1-2H3,(H,65,68)/b28-18-,56-52+. The highest BCUT2D eigenvalue weighted by Gasteiger charge is 2.18. The summed E-state index contributed by atoms with van der Waals surface area (Å²) < 4.78 is 5.48. The zero-order valence-corrected chi connectivity index (χ0v) is 47.3. The molecule has 0 heterocycles. The van der Waals surface area contributed by atoms with Gasteiger partial charge in [0.2, 0.25) is 5.91 Å². The lowest BCUT2D eigenvalue weighted by atomic mass is 10.0. The molecule has 0 fully saturated rings. The Kier molecular flexibility index (Phi) is 58.5. The fourth-order valence-electron chi connectivity index (χ4n) is 9.87. The summed E-state index contributed by atoms with van der Waals surface area (Å²) in [5.41, 5.74) is 0. The molecule has 0 aliphatic heterocycles. The highest BCUT2D eigenvalue weighted by Crippen LogP contribution is 2.18. The molecule has 414 valence electrons. The second-order valence-corrected chi connectivity index (χ2v) is 21.7. The normalized spacial score (nSPS) is 12.7. The van der Waals surface area contributed by atoms with Gasteiger partial charge in [-0.3, -0.25) is 9.59 Å². The zero-order valence-electron chi connectivity index (χ0n) is 47.3. The fourth-order valence-corrected chi connectivity index (χ4v) is 9.87. The Labute approximate surface area is 437 Å². The molecule has 0 aromatic rings. The molecule has 0 saturated carbocycles. The van der Waals surface area contributed by atoms with Crippen molar-refractivity contribution in [3.05, 3.63) is 24.3 Å². The van der Waals surface area contributed by atoms with Gasteiger partial charge in [-0.2, -0.15) is 0 Å². The maximum absolute atomic E-state index is 12.5. The average Bonchev–Trinajstić information content (AvgIpc) is 3.36. The summed E-state index contributed by atoms with van der Waals surface area (Å²) >= 11 is 0. The molecular weight excluding hydrogens is 863 g/mol. The number of carbonyl (C=O) groups excluding carboxylic acids is 2. The molecule has 1 amide bonds. The van der Waals surface area contributed by atoms with E-state index < -0.39 is 12.1 Å². The molecule has 0 aliphatic rings. The van der Waals surface area contributed by atoms with Crippen LogP contribution in [0.2, 0.25) is 0 Å². The van der Waals surface area contributed by atoms with Gasteiger partial charge in [0, 0.05) is 12.8 Å². The molecule has 0 aromatic heterocycles. The first kappa shape index (κ1) is 68.3. The van der Waals surface area contributed by atoms with Crippen LogP contribution in [-0.4, -0.2) is 47.4 Å². The van der Waals surface area contributed by atoms with Crippen molar-refractivity contribution in [1.82, 2.24) is 5.32 Å². The molecule has 0 spiro atoms. The Balaban J connectivity index is 3.40. The highest BCUT2D eigenvalue weighted by atomic mass is 16.5. The van der Waals surface area contributed by atoms with E-state index in [1.807, 2.05) is 6.08 Å². The zero-order chi connectivity index (χ0) is 50.7. The van der Waals surface area contributed by atoms with E-state index in [1.165, 1.54) is 276 Å². The number of ether oxygens (including phenoxy) is 1. The van der Waals surface area contributed by atoms with Crippen molar-refractivity contribution in [3.63, 3.8) is 0 Å². The second-order valence-electron chi connectivity index (χ2n) is 21.7. The van der Waals surface area contributed by atoms with E-state index in [4.69, 9.17) is 4.74 Å². The first-order chi connectivity index (χ1) is 34.5. The number of aliphatic hydroxyl groups excluding tert-OH is 2. The van der Waals surface area contributed by atoms with Gasteiger partial charge in [-0.15, -0.1) is 0 Å². The number of aliphatic hydroxyl groups is 2. The van der Waals surface area contributed by atoms with Crippen LogP contribution in [0.3, 0.4) is 0 Å². The van der Waals surface area contributed by atoms with Crippen molar-refractivity contribution in [3.8, 4) is 0 Å². The van der Waals surface area contributed by atoms with Crippen molar-refractivity contribution in [1.29, 1.82) is 0 Å². The number of rotatable bonds is 59. The molecule has 2 atom stereocenters. The lowest BCUT2D eigenvalue weighted by molar-refractivity contribution is -0.143. The third-order valence-electron chi connectivity index (χ3n) is 14.7. The van der Waals surface area contributed by atoms with E-state index in [0.29, 0.717) is 19.4 Å². The van der Waals surface area contributed by atoms with Gasteiger partial charge in [-0.25, -0.2) is 0 Å². The van der Waals surface area contributed by atoms with Crippen molar-refractivity contribution >= 4 is 11.9 Å². The molecule has 0 bridgehead atoms. The van der Waals surface area contributed by atoms with Crippen molar-refractivity contribution in [2.24, 2.45) is 0 Å². The third kappa shape index (κ3) is 55.7. The second kappa shape index (κ2) is 59.9. The number of esters is 1. The van der Waals surface area contributed by atoms with Crippen molar-refractivity contribution in [2.45, 2.75) is 360 Å². The number of nitrogens with one attached hydrogen (secondary N) is 1. The van der Waals surface area contributed by atoms with Crippen LogP contribution in [0.15, 0.2) is 24.3 Å². The maximum atomic E-state index is 12.5. The average molecular weight is 987 g/mol. The SMILES string of the molecule is CCCCCCCC/C=C\CCCCCCCC(=O)OCCCCCCCCCCCCCCCCCCCCCCCCC(=O)NC(CO)C(O)/C=C/CCCCCCCCCCCCCCCC. The van der Waals surface area contributed by atoms with Gasteiger partial charge >= 0.3 is 5.97 Å². The quantitative estimate of drug-likeness (QED) is 0.0321. The molecule has 0 aromatic carbocycles. The Hall–Kier alpha value is -1.66. The van der Waals surface area contributed by atoms with Crippen LogP contribution in [0.25, 0.3) is 0 Å². The molecule has 70 heavy (non-hydrogen) atoms. The van der Waals surface area contributed by atoms with E-state index in [1.54, 1.807) is 6.08 Å². The third-order valence-corrected chi connectivity index (χ3v) is 14.7. The highest BCUT2D eigenvalue weighted by molar-refractivity contribution is 5.76. The Morgan fingerprint density at radius 2 is 0.671 bits per heavy atom. The van der Waals surface area contributed by atoms with Crippen LogP contribution in [0, 0.1) is 0 Å². The van der Waals surface area contributed by atoms with Gasteiger partial charge < -0.3 is 20.3 Å². The summed E-state index contributed by atoms with van der Waals surface area (Å²) in [6, 6.07) is -0.628. The van der Waals surface area contributed by atoms with E-state index in [0.717, 1.165) is 44.9 Å². The lowest BCUT2D eigenvalue weighted by Gasteiger charge is -2.20. The molecule has 2 unspecified atom stereocenters. The van der Waals surface area contributed by atoms with Crippen molar-refractivity contribution in [2.75, 3.05) is 13.2 Å². The lowest BCUT2D eigenvalue weighted by Crippen LogP contribution is -2.45. The van der Waals surface area contributed by atoms with E-state index in [9.17, 15) is 19.8 Å². The monoisotopic (exact) mass is 986 g/mol. The van der Waals surface area contributed by atoms with E-state index in [-0.39, 0.29) is 18.5 Å². The van der Waals surface area contributed by atoms with Crippen LogP contribution < -0.4 is 5.32 Å². The molecule has 6 heteroatoms. The first-order valence-electron chi connectivity index (χ1n) is 31.6. The number of hydrogen-bond donors (Lipinski definition) is 3. The first-order valence-corrected chi connectivity index (χ1v) is 31.6. The van der Waals surface area contributed by atoms with Gasteiger partial charge in [-0.1, -0.05) is 301 Å². The molecule has 6 nitrogen and oxygen atoms in total. The maximum Gasteiger partial charge on any atom is 0.305 e. The minimum Gasteiger partial charge on any atom is -0.466 e. The minimum absolute atomic E-state index is 0.00517. The summed E-state index contributed by atoms with van der Waals surface area (Å²) in [7, 11) is 0. The molecule has 0 aliphatic carbocycles. The molecule has 0 rings (SSSR count). The van der Waals surface area contributed by atoms with Gasteiger partial charge in [0.15, 0.2) is 0 Å². The van der Waals surface area contributed by atoms with Gasteiger partial charge in [0.25, 0.3) is 0 Å². The molecule has 0 saturated heterocycles. The van der Waals surface area contributed by atoms with Crippen LogP contribution in [-0.2, 0) is 14.3 Å². The van der Waals surface area contributed by atoms with Crippen LogP contribution in [0.4, 0.5) is 0 Å². The molecule has 3 N–H and O–H groups in total. The van der Waals surface area contributed by atoms with Crippen LogP contribution in [0.1, 0.15) is 348 Å². The fraction of sp³-hybridized carbons (Fsp3) is 0.906. The van der Waals surface area contributed by atoms with Gasteiger partial charge in [-0.05, 0) is 57.8 Å². The predicted molar refractivity (Wildman–Crippen MR) is 306 cm³/mol. The van der Waals surface area contributed by atoms with Crippen molar-refractivity contribution < 1.29 is 24.5 Å². The minimum atomic E-state index is -0.844. The van der Waals surface area contributed by atoms with E-state index in [2.05, 4.69) is 31.3 Å². The number of allylic oxidation sites excluding steroid dienone is 3. The predicted octanol–water partition coefficient (Wildman–Crippen LogP) is 19.8. The summed E-state index contributed by atoms with van der Waals surface area (Å²) in [5.74, 6) is -0.0609. The summed E-state index contributed by atoms with van der Waals surface area (Å²) in [6.07, 6.45) is 73.6. The number of unbranched alkanes of at least 4 members (excludes halogenated alkanes) is 46. The Morgan fingerprint density at radius 1 is 0.386 bits per heavy atom. The number of carbonyl (C=O) groups is 2. The Bertz CT molecular complexity index is 1090. The largest absolute Gasteiger partial charge is 0.466 e. The topological polar surface area (TPSA) is 95.9 Å². The van der Waals surface area contributed by atoms with Gasteiger partial charge in [0.1, 0.15) is 0 Å². The summed E-state index contributed by atoms with van der Waals surface area (Å²) in [6.45, 7) is 4.92. The summed E-state index contributed by atoms with van der Waals surface area (Å²) in [4.78, 5) is 24.5. The number of hydrogen-bond acceptors (Lipinski definition) is 5. The van der Waals surface area contributed by atoms with Crippen LogP contribution >= 0.6 is 0 Å². The molecular formula is C64H123NO5. The summed E-state index contributed by atoms with van der Waals surface area (Å²) in [5, 5.41) is 23.2. The van der Waals surface area contributed by atoms with Crippen LogP contribution in [0.5, 0.6) is 0 Å². The number of amides is 1. The van der Waals surface area contributed by atoms with E-state index >= 15 is 0 Å². The Morgan fingerprint density at radius 3 is 1.01 bits per heavy atom. The molecule has 0 radical (unpaired) electrons.